The van der Waals surface area contributed by atoms with Gasteiger partial charge >= 0.3 is 0 Å². The summed E-state index contributed by atoms with van der Waals surface area (Å²) in [6.45, 7) is 7.64. The highest BCUT2D eigenvalue weighted by atomic mass is 16.5. The SMILES string of the molecule is CCNC1CC(Oc2cccc(C)c2C)C12CCCCC2. The van der Waals surface area contributed by atoms with Gasteiger partial charge in [-0.2, -0.15) is 0 Å². The lowest BCUT2D eigenvalue weighted by atomic mass is 9.55. The average Bonchev–Trinajstić information content (AvgIpc) is 2.51. The second-order valence-electron chi connectivity index (χ2n) is 6.94. The number of hydrogen-bond acceptors (Lipinski definition) is 2. The topological polar surface area (TPSA) is 21.3 Å². The van der Waals surface area contributed by atoms with Crippen LogP contribution in [0.2, 0.25) is 0 Å². The minimum absolute atomic E-state index is 0.393. The number of hydrogen-bond donors (Lipinski definition) is 1. The fraction of sp³-hybridized carbons (Fsp3) is 0.684. The number of ether oxygens (including phenoxy) is 1. The Morgan fingerprint density at radius 2 is 1.95 bits per heavy atom. The largest absolute Gasteiger partial charge is 0.489 e. The molecule has 2 atom stereocenters. The van der Waals surface area contributed by atoms with Gasteiger partial charge in [-0.1, -0.05) is 38.3 Å². The van der Waals surface area contributed by atoms with Crippen LogP contribution in [0, 0.1) is 19.3 Å². The van der Waals surface area contributed by atoms with Crippen molar-refractivity contribution in [3.05, 3.63) is 29.3 Å². The summed E-state index contributed by atoms with van der Waals surface area (Å²) in [5.41, 5.74) is 3.02. The first-order valence-corrected chi connectivity index (χ1v) is 8.63. The van der Waals surface area contributed by atoms with Crippen LogP contribution < -0.4 is 10.1 Å². The molecule has 0 radical (unpaired) electrons. The van der Waals surface area contributed by atoms with E-state index in [2.05, 4.69) is 44.3 Å². The lowest BCUT2D eigenvalue weighted by Crippen LogP contribution is -2.65. The second kappa shape index (κ2) is 6.00. The summed E-state index contributed by atoms with van der Waals surface area (Å²) < 4.78 is 6.49. The zero-order valence-corrected chi connectivity index (χ0v) is 13.7. The van der Waals surface area contributed by atoms with E-state index in [-0.39, 0.29) is 0 Å². The quantitative estimate of drug-likeness (QED) is 0.887. The van der Waals surface area contributed by atoms with Crippen LogP contribution in [0.15, 0.2) is 18.2 Å². The number of aryl methyl sites for hydroxylation is 1. The van der Waals surface area contributed by atoms with E-state index in [0.29, 0.717) is 17.6 Å². The molecule has 1 aromatic rings. The van der Waals surface area contributed by atoms with Gasteiger partial charge in [0.15, 0.2) is 0 Å². The molecule has 2 unspecified atom stereocenters. The Morgan fingerprint density at radius 3 is 2.67 bits per heavy atom. The normalized spacial score (nSPS) is 27.4. The first kappa shape index (κ1) is 14.9. The fourth-order valence-electron chi connectivity index (χ4n) is 4.33. The molecule has 116 valence electrons. The van der Waals surface area contributed by atoms with Crippen LogP contribution in [0.5, 0.6) is 5.75 Å². The summed E-state index contributed by atoms with van der Waals surface area (Å²) >= 11 is 0. The van der Waals surface area contributed by atoms with Crippen LogP contribution >= 0.6 is 0 Å². The molecule has 2 aliphatic carbocycles. The van der Waals surface area contributed by atoms with Crippen LogP contribution in [-0.4, -0.2) is 18.7 Å². The van der Waals surface area contributed by atoms with Gasteiger partial charge in [0.25, 0.3) is 0 Å². The van der Waals surface area contributed by atoms with Gasteiger partial charge in [-0.25, -0.2) is 0 Å². The highest BCUT2D eigenvalue weighted by Gasteiger charge is 2.56. The van der Waals surface area contributed by atoms with E-state index < -0.39 is 0 Å². The highest BCUT2D eigenvalue weighted by Crippen LogP contribution is 2.53. The molecule has 2 heteroatoms. The van der Waals surface area contributed by atoms with E-state index in [9.17, 15) is 0 Å². The Bertz CT molecular complexity index is 490. The van der Waals surface area contributed by atoms with Gasteiger partial charge in [0.2, 0.25) is 0 Å². The molecule has 0 saturated heterocycles. The third-order valence-corrected chi connectivity index (χ3v) is 5.84. The van der Waals surface area contributed by atoms with Crippen molar-refractivity contribution >= 4 is 0 Å². The standard InChI is InChI=1S/C19H29NO/c1-4-20-17-13-18(19(17)11-6-5-7-12-19)21-16-10-8-9-14(2)15(16)3/h8-10,17-18,20H,4-7,11-13H2,1-3H3. The molecule has 0 bridgehead atoms. The fourth-order valence-corrected chi connectivity index (χ4v) is 4.33. The zero-order valence-electron chi connectivity index (χ0n) is 13.7. The molecule has 1 aromatic carbocycles. The maximum Gasteiger partial charge on any atom is 0.122 e. The van der Waals surface area contributed by atoms with Gasteiger partial charge in [-0.15, -0.1) is 0 Å². The molecule has 2 nitrogen and oxygen atoms in total. The van der Waals surface area contributed by atoms with E-state index in [1.54, 1.807) is 0 Å². The van der Waals surface area contributed by atoms with Crippen molar-refractivity contribution in [2.75, 3.05) is 6.54 Å². The van der Waals surface area contributed by atoms with Crippen LogP contribution in [0.1, 0.15) is 56.6 Å². The molecule has 2 aliphatic rings. The van der Waals surface area contributed by atoms with Crippen LogP contribution in [0.3, 0.4) is 0 Å². The molecule has 0 heterocycles. The molecule has 2 fully saturated rings. The molecular weight excluding hydrogens is 258 g/mol. The zero-order chi connectivity index (χ0) is 14.9. The predicted octanol–water partition coefficient (Wildman–Crippen LogP) is 4.38. The van der Waals surface area contributed by atoms with Gasteiger partial charge in [-0.05, 0) is 50.4 Å². The smallest absolute Gasteiger partial charge is 0.122 e. The Morgan fingerprint density at radius 1 is 1.19 bits per heavy atom. The number of benzene rings is 1. The van der Waals surface area contributed by atoms with Gasteiger partial charge in [0, 0.05) is 17.9 Å². The number of nitrogens with one attached hydrogen (secondary N) is 1. The third-order valence-electron chi connectivity index (χ3n) is 5.84. The third kappa shape index (κ3) is 2.59. The van der Waals surface area contributed by atoms with E-state index in [1.165, 1.54) is 49.7 Å². The van der Waals surface area contributed by atoms with Crippen molar-refractivity contribution in [3.63, 3.8) is 0 Å². The van der Waals surface area contributed by atoms with Crippen molar-refractivity contribution in [1.29, 1.82) is 0 Å². The van der Waals surface area contributed by atoms with Crippen molar-refractivity contribution < 1.29 is 4.74 Å². The van der Waals surface area contributed by atoms with Gasteiger partial charge < -0.3 is 10.1 Å². The molecule has 2 saturated carbocycles. The molecule has 1 N–H and O–H groups in total. The van der Waals surface area contributed by atoms with E-state index >= 15 is 0 Å². The molecule has 0 aromatic heterocycles. The van der Waals surface area contributed by atoms with Crippen LogP contribution in [0.25, 0.3) is 0 Å². The number of rotatable bonds is 4. The lowest BCUT2D eigenvalue weighted by Gasteiger charge is -2.57. The Labute approximate surface area is 129 Å². The Balaban J connectivity index is 1.77. The van der Waals surface area contributed by atoms with E-state index in [4.69, 9.17) is 4.74 Å². The molecule has 21 heavy (non-hydrogen) atoms. The van der Waals surface area contributed by atoms with E-state index in [0.717, 1.165) is 12.3 Å². The molecule has 1 spiro atoms. The maximum absolute atomic E-state index is 6.49. The molecule has 3 rings (SSSR count). The van der Waals surface area contributed by atoms with Gasteiger partial charge in [-0.3, -0.25) is 0 Å². The summed E-state index contributed by atoms with van der Waals surface area (Å²) in [5.74, 6) is 1.10. The lowest BCUT2D eigenvalue weighted by molar-refractivity contribution is -0.102. The summed E-state index contributed by atoms with van der Waals surface area (Å²) in [4.78, 5) is 0. The highest BCUT2D eigenvalue weighted by molar-refractivity contribution is 5.38. The monoisotopic (exact) mass is 287 g/mol. The summed E-state index contributed by atoms with van der Waals surface area (Å²) in [7, 11) is 0. The maximum atomic E-state index is 6.49. The minimum atomic E-state index is 0.393. The van der Waals surface area contributed by atoms with Crippen molar-refractivity contribution in [2.45, 2.75) is 71.4 Å². The first-order valence-electron chi connectivity index (χ1n) is 8.63. The first-order chi connectivity index (χ1) is 10.2. The summed E-state index contributed by atoms with van der Waals surface area (Å²) in [6.07, 6.45) is 8.38. The van der Waals surface area contributed by atoms with E-state index in [1.807, 2.05) is 0 Å². The minimum Gasteiger partial charge on any atom is -0.489 e. The van der Waals surface area contributed by atoms with Crippen molar-refractivity contribution in [1.82, 2.24) is 5.32 Å². The summed E-state index contributed by atoms with van der Waals surface area (Å²) in [5, 5.41) is 3.70. The summed E-state index contributed by atoms with van der Waals surface area (Å²) in [6, 6.07) is 7.09. The Hall–Kier alpha value is -1.02. The predicted molar refractivity (Wildman–Crippen MR) is 87.9 cm³/mol. The van der Waals surface area contributed by atoms with Crippen molar-refractivity contribution in [2.24, 2.45) is 5.41 Å². The van der Waals surface area contributed by atoms with Crippen LogP contribution in [-0.2, 0) is 0 Å². The molecule has 0 amide bonds. The van der Waals surface area contributed by atoms with Gasteiger partial charge in [0.05, 0.1) is 0 Å². The molecular formula is C19H29NO. The molecule has 0 aliphatic heterocycles. The Kier molecular flexibility index (Phi) is 4.26. The van der Waals surface area contributed by atoms with Gasteiger partial charge in [0.1, 0.15) is 11.9 Å². The average molecular weight is 287 g/mol. The second-order valence-corrected chi connectivity index (χ2v) is 6.94. The van der Waals surface area contributed by atoms with Crippen LogP contribution in [0.4, 0.5) is 0 Å². The van der Waals surface area contributed by atoms with Crippen molar-refractivity contribution in [3.8, 4) is 5.75 Å².